The maximum Gasteiger partial charge on any atom is 0.262 e. The quantitative estimate of drug-likeness (QED) is 0.606. The highest BCUT2D eigenvalue weighted by molar-refractivity contribution is 7.92. The normalized spacial score (nSPS) is 14.0. The topological polar surface area (TPSA) is 105 Å². The molecule has 1 aliphatic heterocycles. The van der Waals surface area contributed by atoms with Gasteiger partial charge in [-0.05, 0) is 70.0 Å². The van der Waals surface area contributed by atoms with E-state index in [1.165, 1.54) is 13.0 Å². The molecule has 0 radical (unpaired) electrons. The number of fused-ring (bicyclic) bond motifs is 1. The lowest BCUT2D eigenvalue weighted by Crippen LogP contribution is -2.28. The number of nitrogens with one attached hydrogen (secondary N) is 2. The van der Waals surface area contributed by atoms with Crippen molar-refractivity contribution < 1.29 is 22.7 Å². The highest BCUT2D eigenvalue weighted by Crippen LogP contribution is 2.34. The first-order valence-corrected chi connectivity index (χ1v) is 12.6. The standard InChI is InChI=1S/C24H31N3O5S/c1-6-27(7-2)18-8-9-19(15(3)10-18)25-23(28)12-17(5)33(30,31)22-13-21-20(11-16(22)4)26-24(29)14-32-21/h8-11,13,17H,6-7,12,14H2,1-5H3,(H,25,28)(H,26,29)/t17-/m0/s1. The molecular formula is C24H31N3O5S. The van der Waals surface area contributed by atoms with E-state index in [-0.39, 0.29) is 29.7 Å². The van der Waals surface area contributed by atoms with Gasteiger partial charge in [0.2, 0.25) is 5.91 Å². The summed E-state index contributed by atoms with van der Waals surface area (Å²) in [4.78, 5) is 26.5. The van der Waals surface area contributed by atoms with Gasteiger partial charge >= 0.3 is 0 Å². The van der Waals surface area contributed by atoms with E-state index >= 15 is 0 Å². The Bertz CT molecular complexity index is 1170. The maximum atomic E-state index is 13.2. The second kappa shape index (κ2) is 9.82. The number of hydrogen-bond acceptors (Lipinski definition) is 6. The van der Waals surface area contributed by atoms with Crippen LogP contribution in [0.1, 0.15) is 38.3 Å². The molecule has 2 aromatic rings. The largest absolute Gasteiger partial charge is 0.482 e. The van der Waals surface area contributed by atoms with Gasteiger partial charge in [0.1, 0.15) is 5.75 Å². The molecule has 0 aliphatic carbocycles. The Morgan fingerprint density at radius 3 is 2.48 bits per heavy atom. The molecule has 9 heteroatoms. The van der Waals surface area contributed by atoms with Gasteiger partial charge in [0.05, 0.1) is 15.8 Å². The Labute approximate surface area is 195 Å². The lowest BCUT2D eigenvalue weighted by Gasteiger charge is -2.22. The summed E-state index contributed by atoms with van der Waals surface area (Å²) in [6, 6.07) is 8.80. The smallest absolute Gasteiger partial charge is 0.262 e. The molecule has 0 aromatic heterocycles. The molecule has 0 saturated carbocycles. The van der Waals surface area contributed by atoms with Crippen LogP contribution in [0.25, 0.3) is 0 Å². The number of aryl methyl sites for hydroxylation is 2. The van der Waals surface area contributed by atoms with Crippen molar-refractivity contribution in [3.05, 3.63) is 41.5 Å². The van der Waals surface area contributed by atoms with Crippen molar-refractivity contribution in [2.24, 2.45) is 0 Å². The zero-order valence-electron chi connectivity index (χ0n) is 19.7. The van der Waals surface area contributed by atoms with Crippen LogP contribution in [0.4, 0.5) is 17.1 Å². The predicted molar refractivity (Wildman–Crippen MR) is 130 cm³/mol. The first-order valence-electron chi connectivity index (χ1n) is 11.0. The van der Waals surface area contributed by atoms with E-state index in [2.05, 4.69) is 29.4 Å². The molecule has 178 valence electrons. The van der Waals surface area contributed by atoms with Gasteiger partial charge in [-0.15, -0.1) is 0 Å². The van der Waals surface area contributed by atoms with Gasteiger partial charge < -0.3 is 20.3 Å². The van der Waals surface area contributed by atoms with Crippen LogP contribution in [0.5, 0.6) is 5.75 Å². The number of carbonyl (C=O) groups is 2. The zero-order valence-corrected chi connectivity index (χ0v) is 20.5. The number of hydrogen-bond donors (Lipinski definition) is 2. The molecule has 0 spiro atoms. The summed E-state index contributed by atoms with van der Waals surface area (Å²) in [5.41, 5.74) is 3.57. The number of ether oxygens (including phenoxy) is 1. The SMILES string of the molecule is CCN(CC)c1ccc(NC(=O)C[C@H](C)S(=O)(=O)c2cc3c(cc2C)NC(=O)CO3)c(C)c1. The average Bonchev–Trinajstić information content (AvgIpc) is 2.75. The summed E-state index contributed by atoms with van der Waals surface area (Å²) in [5, 5.41) is 4.57. The second-order valence-corrected chi connectivity index (χ2v) is 10.6. The summed E-state index contributed by atoms with van der Waals surface area (Å²) in [6.07, 6.45) is -0.187. The molecular weight excluding hydrogens is 442 g/mol. The van der Waals surface area contributed by atoms with Gasteiger partial charge in [-0.25, -0.2) is 8.42 Å². The van der Waals surface area contributed by atoms with Crippen LogP contribution in [-0.2, 0) is 19.4 Å². The molecule has 3 rings (SSSR count). The van der Waals surface area contributed by atoms with Crippen molar-refractivity contribution in [2.75, 3.05) is 35.2 Å². The van der Waals surface area contributed by atoms with E-state index in [9.17, 15) is 18.0 Å². The lowest BCUT2D eigenvalue weighted by molar-refractivity contribution is -0.118. The van der Waals surface area contributed by atoms with Crippen molar-refractivity contribution >= 4 is 38.7 Å². The molecule has 1 aliphatic rings. The van der Waals surface area contributed by atoms with Crippen LogP contribution in [0, 0.1) is 13.8 Å². The van der Waals surface area contributed by atoms with Gasteiger partial charge in [0.25, 0.3) is 5.91 Å². The minimum absolute atomic E-state index is 0.0949. The third kappa shape index (κ3) is 5.30. The summed E-state index contributed by atoms with van der Waals surface area (Å²) in [5.74, 6) is -0.355. The number of nitrogens with zero attached hydrogens (tertiary/aromatic N) is 1. The summed E-state index contributed by atoms with van der Waals surface area (Å²) < 4.78 is 31.8. The Balaban J connectivity index is 1.74. The highest BCUT2D eigenvalue weighted by atomic mass is 32.2. The maximum absolute atomic E-state index is 13.2. The van der Waals surface area contributed by atoms with Crippen molar-refractivity contribution in [1.29, 1.82) is 0 Å². The van der Waals surface area contributed by atoms with Crippen molar-refractivity contribution in [1.82, 2.24) is 0 Å². The monoisotopic (exact) mass is 473 g/mol. The molecule has 2 aromatic carbocycles. The molecule has 0 fully saturated rings. The molecule has 0 unspecified atom stereocenters. The third-order valence-corrected chi connectivity index (χ3v) is 8.11. The van der Waals surface area contributed by atoms with E-state index in [4.69, 9.17) is 4.74 Å². The van der Waals surface area contributed by atoms with Gasteiger partial charge in [-0.1, -0.05) is 0 Å². The molecule has 0 saturated heterocycles. The first-order chi connectivity index (χ1) is 15.6. The van der Waals surface area contributed by atoms with Crippen LogP contribution < -0.4 is 20.3 Å². The van der Waals surface area contributed by atoms with Crippen LogP contribution in [0.15, 0.2) is 35.2 Å². The van der Waals surface area contributed by atoms with Crippen molar-refractivity contribution in [2.45, 2.75) is 51.2 Å². The van der Waals surface area contributed by atoms with Crippen LogP contribution in [-0.4, -0.2) is 45.2 Å². The molecule has 2 amide bonds. The fourth-order valence-electron chi connectivity index (χ4n) is 3.88. The minimum atomic E-state index is -3.80. The fourth-order valence-corrected chi connectivity index (χ4v) is 5.47. The van der Waals surface area contributed by atoms with Crippen LogP contribution >= 0.6 is 0 Å². The highest BCUT2D eigenvalue weighted by Gasteiger charge is 2.29. The Morgan fingerprint density at radius 2 is 1.85 bits per heavy atom. The first kappa shape index (κ1) is 24.6. The zero-order chi connectivity index (χ0) is 24.3. The van der Waals surface area contributed by atoms with Gasteiger partial charge in [0, 0.05) is 37.0 Å². The lowest BCUT2D eigenvalue weighted by atomic mass is 10.1. The van der Waals surface area contributed by atoms with E-state index in [0.717, 1.165) is 24.3 Å². The number of carbonyl (C=O) groups excluding carboxylic acids is 2. The van der Waals surface area contributed by atoms with Crippen molar-refractivity contribution in [3.63, 3.8) is 0 Å². The number of benzene rings is 2. The van der Waals surface area contributed by atoms with Gasteiger partial charge in [-0.2, -0.15) is 0 Å². The number of rotatable bonds is 8. The number of sulfone groups is 1. The van der Waals surface area contributed by atoms with Crippen molar-refractivity contribution in [3.8, 4) is 5.75 Å². The van der Waals surface area contributed by atoms with Crippen LogP contribution in [0.2, 0.25) is 0 Å². The van der Waals surface area contributed by atoms with E-state index in [1.807, 2.05) is 25.1 Å². The van der Waals surface area contributed by atoms with Gasteiger partial charge in [-0.3, -0.25) is 9.59 Å². The Hall–Kier alpha value is -3.07. The molecule has 33 heavy (non-hydrogen) atoms. The third-order valence-electron chi connectivity index (χ3n) is 5.83. The Kier molecular flexibility index (Phi) is 7.31. The van der Waals surface area contributed by atoms with E-state index in [0.29, 0.717) is 22.7 Å². The molecule has 8 nitrogen and oxygen atoms in total. The Morgan fingerprint density at radius 1 is 1.15 bits per heavy atom. The summed E-state index contributed by atoms with van der Waals surface area (Å²) in [6.45, 7) is 10.9. The minimum Gasteiger partial charge on any atom is -0.482 e. The molecule has 1 heterocycles. The average molecular weight is 474 g/mol. The predicted octanol–water partition coefficient (Wildman–Crippen LogP) is 3.67. The van der Waals surface area contributed by atoms with E-state index < -0.39 is 15.1 Å². The van der Waals surface area contributed by atoms with Gasteiger partial charge in [0.15, 0.2) is 16.4 Å². The summed E-state index contributed by atoms with van der Waals surface area (Å²) in [7, 11) is -3.80. The second-order valence-electron chi connectivity index (χ2n) is 8.23. The van der Waals surface area contributed by atoms with Crippen LogP contribution in [0.3, 0.4) is 0 Å². The number of amides is 2. The molecule has 1 atom stereocenters. The van der Waals surface area contributed by atoms with E-state index in [1.54, 1.807) is 13.0 Å². The molecule has 2 N–H and O–H groups in total. The summed E-state index contributed by atoms with van der Waals surface area (Å²) >= 11 is 0. The molecule has 0 bridgehead atoms. The fraction of sp³-hybridized carbons (Fsp3) is 0.417. The number of anilines is 3.